The summed E-state index contributed by atoms with van der Waals surface area (Å²) in [6.07, 6.45) is 5.35. The van der Waals surface area contributed by atoms with Crippen molar-refractivity contribution in [2.24, 2.45) is 5.92 Å². The minimum Gasteiger partial charge on any atom is -0.447 e. The molecule has 2 amide bonds. The van der Waals surface area contributed by atoms with Crippen molar-refractivity contribution >= 4 is 12.0 Å². The van der Waals surface area contributed by atoms with E-state index in [2.05, 4.69) is 12.2 Å². The molecule has 1 fully saturated rings. The normalized spacial score (nSPS) is 25.6. The Hall–Kier alpha value is -2.10. The van der Waals surface area contributed by atoms with Gasteiger partial charge in [-0.3, -0.25) is 4.79 Å². The molecule has 4 heteroatoms. The van der Waals surface area contributed by atoms with Gasteiger partial charge < -0.3 is 4.74 Å². The van der Waals surface area contributed by atoms with Crippen LogP contribution in [0.1, 0.15) is 24.3 Å². The van der Waals surface area contributed by atoms with Crippen LogP contribution >= 0.6 is 0 Å². The lowest BCUT2D eigenvalue weighted by molar-refractivity contribution is -0.132. The maximum absolute atomic E-state index is 12.6. The third-order valence-electron chi connectivity index (χ3n) is 3.95. The van der Waals surface area contributed by atoms with Gasteiger partial charge >= 0.3 is 6.09 Å². The van der Waals surface area contributed by atoms with Crippen molar-refractivity contribution in [2.45, 2.75) is 18.8 Å². The molecular formula is C16H17NO3. The van der Waals surface area contributed by atoms with Gasteiger partial charge in [0.05, 0.1) is 6.54 Å². The zero-order valence-corrected chi connectivity index (χ0v) is 11.2. The van der Waals surface area contributed by atoms with Gasteiger partial charge in [0.2, 0.25) is 5.91 Å². The Morgan fingerprint density at radius 1 is 1.25 bits per heavy atom. The van der Waals surface area contributed by atoms with Crippen LogP contribution in [0, 0.1) is 5.92 Å². The first kappa shape index (κ1) is 12.9. The van der Waals surface area contributed by atoms with Gasteiger partial charge in [-0.1, -0.05) is 42.5 Å². The number of rotatable bonds is 2. The Morgan fingerprint density at radius 3 is 2.75 bits per heavy atom. The van der Waals surface area contributed by atoms with Crippen LogP contribution in [0.25, 0.3) is 0 Å². The molecule has 1 aromatic carbocycles. The van der Waals surface area contributed by atoms with Gasteiger partial charge in [0.1, 0.15) is 6.61 Å². The van der Waals surface area contributed by atoms with E-state index in [1.807, 2.05) is 30.3 Å². The van der Waals surface area contributed by atoms with E-state index < -0.39 is 6.09 Å². The van der Waals surface area contributed by atoms with Crippen LogP contribution in [0.2, 0.25) is 0 Å². The van der Waals surface area contributed by atoms with E-state index in [1.165, 1.54) is 4.90 Å². The number of carbonyl (C=O) groups excluding carboxylic acids is 2. The molecule has 4 nitrogen and oxygen atoms in total. The lowest BCUT2D eigenvalue weighted by Gasteiger charge is -2.29. The molecule has 0 aromatic heterocycles. The van der Waals surface area contributed by atoms with Gasteiger partial charge in [-0.15, -0.1) is 0 Å². The molecule has 2 atom stereocenters. The minimum atomic E-state index is -0.503. The van der Waals surface area contributed by atoms with Gasteiger partial charge in [-0.05, 0) is 18.4 Å². The van der Waals surface area contributed by atoms with Crippen LogP contribution in [0.3, 0.4) is 0 Å². The molecule has 1 heterocycles. The third kappa shape index (κ3) is 2.33. The lowest BCUT2D eigenvalue weighted by Crippen LogP contribution is -2.39. The SMILES string of the molecule is O=C1OCCN1C(=O)[C@H]1CCC=C[C@H]1c1ccccc1. The number of nitrogens with zero attached hydrogens (tertiary/aromatic N) is 1. The highest BCUT2D eigenvalue weighted by Gasteiger charge is 2.37. The zero-order chi connectivity index (χ0) is 13.9. The van der Waals surface area contributed by atoms with Crippen molar-refractivity contribution in [1.29, 1.82) is 0 Å². The number of hydrogen-bond acceptors (Lipinski definition) is 3. The fourth-order valence-corrected chi connectivity index (χ4v) is 2.92. The number of carbonyl (C=O) groups is 2. The average molecular weight is 271 g/mol. The van der Waals surface area contributed by atoms with E-state index in [0.717, 1.165) is 18.4 Å². The fraction of sp³-hybridized carbons (Fsp3) is 0.375. The highest BCUT2D eigenvalue weighted by molar-refractivity contribution is 5.94. The second-order valence-electron chi connectivity index (χ2n) is 5.15. The monoisotopic (exact) mass is 271 g/mol. The summed E-state index contributed by atoms with van der Waals surface area (Å²) in [6.45, 7) is 0.683. The molecule has 104 valence electrons. The van der Waals surface area contributed by atoms with Crippen molar-refractivity contribution in [2.75, 3.05) is 13.2 Å². The van der Waals surface area contributed by atoms with E-state index in [9.17, 15) is 9.59 Å². The van der Waals surface area contributed by atoms with Crippen LogP contribution < -0.4 is 0 Å². The molecule has 20 heavy (non-hydrogen) atoms. The van der Waals surface area contributed by atoms with Crippen LogP contribution in [0.4, 0.5) is 4.79 Å². The molecule has 1 aromatic rings. The molecule has 3 rings (SSSR count). The minimum absolute atomic E-state index is 0.0471. The number of allylic oxidation sites excluding steroid dienone is 2. The van der Waals surface area contributed by atoms with Crippen LogP contribution in [0.15, 0.2) is 42.5 Å². The Morgan fingerprint density at radius 2 is 2.05 bits per heavy atom. The number of cyclic esters (lactones) is 1. The van der Waals surface area contributed by atoms with E-state index in [0.29, 0.717) is 13.2 Å². The van der Waals surface area contributed by atoms with Gasteiger partial charge in [-0.2, -0.15) is 0 Å². The van der Waals surface area contributed by atoms with Crippen LogP contribution in [0.5, 0.6) is 0 Å². The summed E-state index contributed by atoms with van der Waals surface area (Å²) >= 11 is 0. The highest BCUT2D eigenvalue weighted by Crippen LogP contribution is 2.35. The molecule has 0 radical (unpaired) electrons. The standard InChI is InChI=1S/C16H17NO3/c18-15(17-10-11-20-16(17)19)14-9-5-4-8-13(14)12-6-2-1-3-7-12/h1-4,6-8,13-14H,5,9-11H2/t13-,14-/m0/s1. The van der Waals surface area contributed by atoms with E-state index in [1.54, 1.807) is 0 Å². The quantitative estimate of drug-likeness (QED) is 0.777. The van der Waals surface area contributed by atoms with E-state index >= 15 is 0 Å². The molecule has 0 bridgehead atoms. The summed E-state index contributed by atoms with van der Waals surface area (Å²) in [5.41, 5.74) is 1.12. The number of benzene rings is 1. The molecular weight excluding hydrogens is 254 g/mol. The Labute approximate surface area is 118 Å². The predicted octanol–water partition coefficient (Wildman–Crippen LogP) is 2.72. The second kappa shape index (κ2) is 5.49. The molecule has 0 N–H and O–H groups in total. The van der Waals surface area contributed by atoms with Crippen molar-refractivity contribution < 1.29 is 14.3 Å². The van der Waals surface area contributed by atoms with Crippen LogP contribution in [-0.2, 0) is 9.53 Å². The van der Waals surface area contributed by atoms with Crippen molar-refractivity contribution in [3.8, 4) is 0 Å². The van der Waals surface area contributed by atoms with Crippen molar-refractivity contribution in [1.82, 2.24) is 4.90 Å². The number of imide groups is 1. The van der Waals surface area contributed by atoms with Gasteiger partial charge in [0.15, 0.2) is 0 Å². The van der Waals surface area contributed by atoms with E-state index in [-0.39, 0.29) is 17.7 Å². The first-order valence-corrected chi connectivity index (χ1v) is 6.97. The number of amides is 2. The fourth-order valence-electron chi connectivity index (χ4n) is 2.92. The lowest BCUT2D eigenvalue weighted by atomic mass is 9.79. The summed E-state index contributed by atoms with van der Waals surface area (Å²) in [4.78, 5) is 25.4. The van der Waals surface area contributed by atoms with Crippen LogP contribution in [-0.4, -0.2) is 30.1 Å². The largest absolute Gasteiger partial charge is 0.447 e. The zero-order valence-electron chi connectivity index (χ0n) is 11.2. The maximum Gasteiger partial charge on any atom is 0.416 e. The smallest absolute Gasteiger partial charge is 0.416 e. The first-order chi connectivity index (χ1) is 9.77. The summed E-state index contributed by atoms with van der Waals surface area (Å²) in [5.74, 6) is -0.232. The highest BCUT2D eigenvalue weighted by atomic mass is 16.6. The van der Waals surface area contributed by atoms with Crippen molar-refractivity contribution in [3.05, 3.63) is 48.0 Å². The van der Waals surface area contributed by atoms with Crippen molar-refractivity contribution in [3.63, 3.8) is 0 Å². The number of hydrogen-bond donors (Lipinski definition) is 0. The molecule has 0 spiro atoms. The molecule has 0 unspecified atom stereocenters. The van der Waals surface area contributed by atoms with E-state index in [4.69, 9.17) is 4.74 Å². The molecule has 1 saturated heterocycles. The second-order valence-corrected chi connectivity index (χ2v) is 5.15. The topological polar surface area (TPSA) is 46.6 Å². The Balaban J connectivity index is 1.85. The first-order valence-electron chi connectivity index (χ1n) is 6.97. The van der Waals surface area contributed by atoms with Gasteiger partial charge in [0, 0.05) is 11.8 Å². The number of ether oxygens (including phenoxy) is 1. The summed E-state index contributed by atoms with van der Waals surface area (Å²) in [5, 5.41) is 0. The molecule has 1 aliphatic carbocycles. The Bertz CT molecular complexity index is 538. The molecule has 1 aliphatic heterocycles. The van der Waals surface area contributed by atoms with Gasteiger partial charge in [-0.25, -0.2) is 9.69 Å². The average Bonchev–Trinajstić information content (AvgIpc) is 2.93. The maximum atomic E-state index is 12.6. The molecule has 2 aliphatic rings. The Kier molecular flexibility index (Phi) is 3.54. The summed E-state index contributed by atoms with van der Waals surface area (Å²) in [6, 6.07) is 9.98. The predicted molar refractivity (Wildman–Crippen MR) is 74.1 cm³/mol. The third-order valence-corrected chi connectivity index (χ3v) is 3.95. The summed E-state index contributed by atoms with van der Waals surface area (Å²) in [7, 11) is 0. The molecule has 0 saturated carbocycles. The van der Waals surface area contributed by atoms with Gasteiger partial charge in [0.25, 0.3) is 0 Å². The summed E-state index contributed by atoms with van der Waals surface area (Å²) < 4.78 is 4.87.